The summed E-state index contributed by atoms with van der Waals surface area (Å²) in [5, 5.41) is 14.2. The van der Waals surface area contributed by atoms with Crippen molar-refractivity contribution in [2.24, 2.45) is 0 Å². The van der Waals surface area contributed by atoms with Crippen molar-refractivity contribution in [2.75, 3.05) is 24.3 Å². The van der Waals surface area contributed by atoms with Crippen LogP contribution in [0.25, 0.3) is 0 Å². The number of hydrogen-bond donors (Lipinski definition) is 1. The van der Waals surface area contributed by atoms with Gasteiger partial charge in [-0.15, -0.1) is 0 Å². The van der Waals surface area contributed by atoms with Crippen molar-refractivity contribution in [3.05, 3.63) is 63.7 Å². The number of Topliss-reactive ketones (excluding diaryl/α,β-unsaturated/α-hetero) is 1. The fourth-order valence-corrected chi connectivity index (χ4v) is 2.16. The Morgan fingerprint density at radius 2 is 1.83 bits per heavy atom. The summed E-state index contributed by atoms with van der Waals surface area (Å²) in [7, 11) is 3.93. The molecule has 0 bridgehead atoms. The molecule has 0 atom stereocenters. The lowest BCUT2D eigenvalue weighted by Gasteiger charge is -2.13. The molecule has 0 aliphatic heterocycles. The maximum Gasteiger partial charge on any atom is 0.293 e. The number of carbonyl (C=O) groups is 1. The number of nitrogens with zero attached hydrogens (tertiary/aromatic N) is 2. The van der Waals surface area contributed by atoms with Crippen molar-refractivity contribution >= 4 is 22.8 Å². The van der Waals surface area contributed by atoms with Gasteiger partial charge in [-0.1, -0.05) is 12.1 Å². The Labute approximate surface area is 134 Å². The highest BCUT2D eigenvalue weighted by molar-refractivity contribution is 5.95. The SMILES string of the molecule is CC(=O)c1ccc(NCc2ccc(N(C)C)cc2)c([N+](=O)[O-])c1. The molecule has 0 aliphatic carbocycles. The van der Waals surface area contributed by atoms with Crippen LogP contribution in [0, 0.1) is 10.1 Å². The lowest BCUT2D eigenvalue weighted by atomic mass is 10.1. The van der Waals surface area contributed by atoms with Crippen molar-refractivity contribution < 1.29 is 9.72 Å². The van der Waals surface area contributed by atoms with Crippen LogP contribution in [0.4, 0.5) is 17.1 Å². The fourth-order valence-electron chi connectivity index (χ4n) is 2.16. The summed E-state index contributed by atoms with van der Waals surface area (Å²) in [6.07, 6.45) is 0. The first-order valence-corrected chi connectivity index (χ1v) is 7.18. The van der Waals surface area contributed by atoms with E-state index in [4.69, 9.17) is 0 Å². The van der Waals surface area contributed by atoms with Gasteiger partial charge in [0, 0.05) is 38.0 Å². The van der Waals surface area contributed by atoms with Crippen molar-refractivity contribution in [1.82, 2.24) is 0 Å². The smallest absolute Gasteiger partial charge is 0.293 e. The second-order valence-corrected chi connectivity index (χ2v) is 5.46. The highest BCUT2D eigenvalue weighted by atomic mass is 16.6. The normalized spacial score (nSPS) is 10.2. The maximum absolute atomic E-state index is 11.4. The van der Waals surface area contributed by atoms with Gasteiger partial charge in [0.15, 0.2) is 5.78 Å². The zero-order valence-electron chi connectivity index (χ0n) is 13.4. The lowest BCUT2D eigenvalue weighted by molar-refractivity contribution is -0.384. The fraction of sp³-hybridized carbons (Fsp3) is 0.235. The Kier molecular flexibility index (Phi) is 4.95. The number of benzene rings is 2. The van der Waals surface area contributed by atoms with Gasteiger partial charge in [-0.05, 0) is 36.8 Å². The monoisotopic (exact) mass is 313 g/mol. The first-order valence-electron chi connectivity index (χ1n) is 7.18. The molecule has 0 spiro atoms. The predicted octanol–water partition coefficient (Wildman–Crippen LogP) is 3.48. The second-order valence-electron chi connectivity index (χ2n) is 5.46. The summed E-state index contributed by atoms with van der Waals surface area (Å²) in [6, 6.07) is 12.4. The Morgan fingerprint density at radius 1 is 1.17 bits per heavy atom. The van der Waals surface area contributed by atoms with E-state index in [0.29, 0.717) is 17.8 Å². The van der Waals surface area contributed by atoms with Crippen LogP contribution >= 0.6 is 0 Å². The van der Waals surface area contributed by atoms with Crippen LogP contribution in [0.1, 0.15) is 22.8 Å². The predicted molar refractivity (Wildman–Crippen MR) is 91.2 cm³/mol. The van der Waals surface area contributed by atoms with Crippen molar-refractivity contribution in [2.45, 2.75) is 13.5 Å². The van der Waals surface area contributed by atoms with Crippen LogP contribution in [0.15, 0.2) is 42.5 Å². The average Bonchev–Trinajstić information content (AvgIpc) is 2.52. The van der Waals surface area contributed by atoms with Crippen LogP contribution in [0.3, 0.4) is 0 Å². The van der Waals surface area contributed by atoms with Crippen LogP contribution in [0.2, 0.25) is 0 Å². The number of rotatable bonds is 6. The van der Waals surface area contributed by atoms with E-state index in [9.17, 15) is 14.9 Å². The van der Waals surface area contributed by atoms with Gasteiger partial charge >= 0.3 is 0 Å². The molecule has 2 rings (SSSR count). The molecule has 0 fully saturated rings. The third-order valence-corrected chi connectivity index (χ3v) is 3.54. The van der Waals surface area contributed by atoms with E-state index in [1.54, 1.807) is 12.1 Å². The topological polar surface area (TPSA) is 75.5 Å². The van der Waals surface area contributed by atoms with Gasteiger partial charge in [0.05, 0.1) is 4.92 Å². The molecular formula is C17H19N3O3. The lowest BCUT2D eigenvalue weighted by Crippen LogP contribution is -2.08. The highest BCUT2D eigenvalue weighted by Crippen LogP contribution is 2.26. The van der Waals surface area contributed by atoms with Crippen LogP contribution in [0.5, 0.6) is 0 Å². The molecule has 0 aromatic heterocycles. The molecule has 0 heterocycles. The zero-order chi connectivity index (χ0) is 17.0. The first-order chi connectivity index (χ1) is 10.9. The van der Waals surface area contributed by atoms with Crippen LogP contribution < -0.4 is 10.2 Å². The van der Waals surface area contributed by atoms with E-state index >= 15 is 0 Å². The third-order valence-electron chi connectivity index (χ3n) is 3.54. The Bertz CT molecular complexity index is 724. The summed E-state index contributed by atoms with van der Waals surface area (Å²) in [6.45, 7) is 1.85. The minimum atomic E-state index is -0.482. The van der Waals surface area contributed by atoms with E-state index < -0.39 is 4.92 Å². The van der Waals surface area contributed by atoms with Gasteiger partial charge in [-0.2, -0.15) is 0 Å². The molecular weight excluding hydrogens is 294 g/mol. The van der Waals surface area contributed by atoms with E-state index in [2.05, 4.69) is 5.32 Å². The van der Waals surface area contributed by atoms with Crippen LogP contribution in [-0.2, 0) is 6.54 Å². The summed E-state index contributed by atoms with van der Waals surface area (Å²) in [4.78, 5) is 24.0. The average molecular weight is 313 g/mol. The molecule has 0 saturated heterocycles. The summed E-state index contributed by atoms with van der Waals surface area (Å²) in [5.74, 6) is -0.195. The second kappa shape index (κ2) is 6.91. The molecule has 2 aromatic carbocycles. The standard InChI is InChI=1S/C17H19N3O3/c1-12(21)14-6-9-16(17(10-14)20(22)23)18-11-13-4-7-15(8-5-13)19(2)3/h4-10,18H,11H2,1-3H3. The number of ketones is 1. The van der Waals surface area contributed by atoms with Gasteiger partial charge in [0.25, 0.3) is 5.69 Å². The number of carbonyl (C=O) groups excluding carboxylic acids is 1. The largest absolute Gasteiger partial charge is 0.378 e. The molecule has 0 radical (unpaired) electrons. The van der Waals surface area contributed by atoms with E-state index in [1.165, 1.54) is 13.0 Å². The van der Waals surface area contributed by atoms with Crippen LogP contribution in [-0.4, -0.2) is 24.8 Å². The molecule has 6 nitrogen and oxygen atoms in total. The highest BCUT2D eigenvalue weighted by Gasteiger charge is 2.15. The number of nitro benzene ring substituents is 1. The maximum atomic E-state index is 11.4. The molecule has 0 aliphatic rings. The third kappa shape index (κ3) is 4.06. The number of nitrogens with one attached hydrogen (secondary N) is 1. The van der Waals surface area contributed by atoms with Gasteiger partial charge in [0.1, 0.15) is 5.69 Å². The number of nitro groups is 1. The number of anilines is 2. The molecule has 2 aromatic rings. The van der Waals surface area contributed by atoms with Gasteiger partial charge in [-0.3, -0.25) is 14.9 Å². The first kappa shape index (κ1) is 16.5. The van der Waals surface area contributed by atoms with E-state index in [0.717, 1.165) is 11.3 Å². The molecule has 6 heteroatoms. The van der Waals surface area contributed by atoms with Gasteiger partial charge < -0.3 is 10.2 Å². The van der Waals surface area contributed by atoms with Gasteiger partial charge in [0.2, 0.25) is 0 Å². The molecule has 1 N–H and O–H groups in total. The quantitative estimate of drug-likeness (QED) is 0.502. The molecule has 0 unspecified atom stereocenters. The van der Waals surface area contributed by atoms with E-state index in [1.807, 2.05) is 43.3 Å². The van der Waals surface area contributed by atoms with E-state index in [-0.39, 0.29) is 11.5 Å². The molecule has 0 saturated carbocycles. The van der Waals surface area contributed by atoms with Crippen molar-refractivity contribution in [3.8, 4) is 0 Å². The Morgan fingerprint density at radius 3 is 2.35 bits per heavy atom. The minimum absolute atomic E-state index is 0.0948. The number of hydrogen-bond acceptors (Lipinski definition) is 5. The van der Waals surface area contributed by atoms with Crippen molar-refractivity contribution in [1.29, 1.82) is 0 Å². The summed E-state index contributed by atoms with van der Waals surface area (Å²) < 4.78 is 0. The molecule has 0 amide bonds. The summed E-state index contributed by atoms with van der Waals surface area (Å²) in [5.41, 5.74) is 2.74. The minimum Gasteiger partial charge on any atom is -0.378 e. The van der Waals surface area contributed by atoms with Gasteiger partial charge in [-0.25, -0.2) is 0 Å². The summed E-state index contributed by atoms with van der Waals surface area (Å²) >= 11 is 0. The zero-order valence-corrected chi connectivity index (χ0v) is 13.4. The molecule has 120 valence electrons. The molecule has 23 heavy (non-hydrogen) atoms. The Hall–Kier alpha value is -2.89. The van der Waals surface area contributed by atoms with Crippen molar-refractivity contribution in [3.63, 3.8) is 0 Å². The Balaban J connectivity index is 2.16.